The predicted octanol–water partition coefficient (Wildman–Crippen LogP) is 1.53. The van der Waals surface area contributed by atoms with E-state index in [0.29, 0.717) is 11.5 Å². The number of amides is 1. The van der Waals surface area contributed by atoms with Gasteiger partial charge in [-0.25, -0.2) is 4.58 Å². The molecule has 1 aromatic carbocycles. The Morgan fingerprint density at radius 2 is 1.78 bits per heavy atom. The number of benzene rings is 1. The predicted molar refractivity (Wildman–Crippen MR) is 115 cm³/mol. The van der Waals surface area contributed by atoms with Crippen LogP contribution >= 0.6 is 0 Å². The number of rotatable bonds is 6. The van der Waals surface area contributed by atoms with Crippen molar-refractivity contribution in [1.29, 1.82) is 0 Å². The quantitative estimate of drug-likeness (QED) is 0.285. The Bertz CT molecular complexity index is 1010. The van der Waals surface area contributed by atoms with Crippen LogP contribution in [0.1, 0.15) is 23.6 Å². The normalized spacial score (nSPS) is 21.0. The van der Waals surface area contributed by atoms with Crippen molar-refractivity contribution < 1.29 is 37.9 Å². The molecule has 0 aliphatic carbocycles. The molecule has 2 heterocycles. The number of ether oxygens (including phenoxy) is 4. The second-order valence-electron chi connectivity index (χ2n) is 7.51. The largest absolute Gasteiger partial charge is 0.496 e. The van der Waals surface area contributed by atoms with Crippen molar-refractivity contribution in [1.82, 2.24) is 4.90 Å². The lowest BCUT2D eigenvalue weighted by Crippen LogP contribution is -2.45. The molecule has 0 aromatic heterocycles. The van der Waals surface area contributed by atoms with Gasteiger partial charge < -0.3 is 18.9 Å². The minimum Gasteiger partial charge on any atom is -0.496 e. The summed E-state index contributed by atoms with van der Waals surface area (Å²) in [5.74, 6) is -0.870. The van der Waals surface area contributed by atoms with Crippen molar-refractivity contribution in [3.05, 3.63) is 48.2 Å². The molecule has 32 heavy (non-hydrogen) atoms. The maximum absolute atomic E-state index is 13.7. The molecule has 3 rings (SSSR count). The van der Waals surface area contributed by atoms with Gasteiger partial charge in [-0.05, 0) is 6.07 Å². The standard InChI is InChI=1S/C23H27N2O7/c1-7-15-19-14(9-8-10-17(19)29-3)18(30-4)12-25(15)20(26)16-11-23(13-24(16)2,21(27)31-5)22(28)32-6/h7-10,12-13,15-16H,1,11H2,2-6H3/q+1/t15-,16-/m0/s1. The van der Waals surface area contributed by atoms with Crippen molar-refractivity contribution in [3.8, 4) is 5.75 Å². The van der Waals surface area contributed by atoms with Crippen LogP contribution in [0, 0.1) is 5.41 Å². The fraction of sp³-hybridized carbons (Fsp3) is 0.391. The molecule has 0 N–H and O–H groups in total. The molecule has 0 saturated carbocycles. The van der Waals surface area contributed by atoms with Crippen molar-refractivity contribution in [2.45, 2.75) is 18.5 Å². The number of hydrogen-bond donors (Lipinski definition) is 0. The van der Waals surface area contributed by atoms with Crippen LogP contribution in [-0.4, -0.2) is 75.1 Å². The minimum atomic E-state index is -1.71. The van der Waals surface area contributed by atoms with Crippen LogP contribution in [0.4, 0.5) is 0 Å². The molecule has 1 amide bonds. The minimum absolute atomic E-state index is 0.128. The van der Waals surface area contributed by atoms with Crippen molar-refractivity contribution >= 4 is 29.8 Å². The van der Waals surface area contributed by atoms with E-state index < -0.39 is 29.4 Å². The average Bonchev–Trinajstić information content (AvgIpc) is 3.19. The summed E-state index contributed by atoms with van der Waals surface area (Å²) in [6.07, 6.45) is 4.49. The zero-order valence-electron chi connectivity index (χ0n) is 18.8. The third-order valence-corrected chi connectivity index (χ3v) is 5.92. The summed E-state index contributed by atoms with van der Waals surface area (Å²) < 4.78 is 22.3. The molecule has 9 nitrogen and oxygen atoms in total. The van der Waals surface area contributed by atoms with Gasteiger partial charge >= 0.3 is 11.9 Å². The van der Waals surface area contributed by atoms with Crippen LogP contribution in [0.5, 0.6) is 5.75 Å². The summed E-state index contributed by atoms with van der Waals surface area (Å²) in [5.41, 5.74) is -0.193. The van der Waals surface area contributed by atoms with E-state index in [1.165, 1.54) is 37.0 Å². The Labute approximate surface area is 186 Å². The maximum Gasteiger partial charge on any atom is 0.333 e. The summed E-state index contributed by atoms with van der Waals surface area (Å²) in [6.45, 7) is 3.91. The van der Waals surface area contributed by atoms with Gasteiger partial charge in [0.2, 0.25) is 11.5 Å². The molecule has 0 bridgehead atoms. The zero-order valence-corrected chi connectivity index (χ0v) is 18.8. The molecule has 0 spiro atoms. The van der Waals surface area contributed by atoms with Crippen LogP contribution < -0.4 is 4.74 Å². The molecule has 1 aromatic rings. The first-order chi connectivity index (χ1) is 15.3. The first kappa shape index (κ1) is 23.1. The summed E-state index contributed by atoms with van der Waals surface area (Å²) >= 11 is 0. The Kier molecular flexibility index (Phi) is 6.38. The van der Waals surface area contributed by atoms with Crippen molar-refractivity contribution in [2.24, 2.45) is 5.41 Å². The van der Waals surface area contributed by atoms with E-state index in [2.05, 4.69) is 6.58 Å². The second-order valence-corrected chi connectivity index (χ2v) is 7.51. The number of nitrogens with zero attached hydrogens (tertiary/aromatic N) is 2. The number of likely N-dealkylation sites (N-methyl/N-ethyl adjacent to an activating group) is 1. The summed E-state index contributed by atoms with van der Waals surface area (Å²) in [4.78, 5) is 40.3. The van der Waals surface area contributed by atoms with E-state index in [0.717, 1.165) is 11.1 Å². The Morgan fingerprint density at radius 3 is 2.31 bits per heavy atom. The topological polar surface area (TPSA) is 94.4 Å². The molecular formula is C23H27N2O7+. The molecule has 0 unspecified atom stereocenters. The lowest BCUT2D eigenvalue weighted by Gasteiger charge is -2.34. The summed E-state index contributed by atoms with van der Waals surface area (Å²) in [7, 11) is 7.06. The van der Waals surface area contributed by atoms with E-state index >= 15 is 0 Å². The van der Waals surface area contributed by atoms with Gasteiger partial charge in [0.25, 0.3) is 5.91 Å². The zero-order chi connectivity index (χ0) is 23.6. The highest BCUT2D eigenvalue weighted by Gasteiger charge is 2.60. The van der Waals surface area contributed by atoms with Gasteiger partial charge in [-0.3, -0.25) is 19.3 Å². The lowest BCUT2D eigenvalue weighted by molar-refractivity contribution is -0.512. The maximum atomic E-state index is 13.7. The summed E-state index contributed by atoms with van der Waals surface area (Å²) in [5, 5.41) is 0. The molecule has 0 radical (unpaired) electrons. The van der Waals surface area contributed by atoms with Gasteiger partial charge in [-0.15, -0.1) is 6.58 Å². The van der Waals surface area contributed by atoms with Crippen LogP contribution in [0.15, 0.2) is 37.1 Å². The van der Waals surface area contributed by atoms with Gasteiger partial charge in [-0.2, -0.15) is 0 Å². The highest BCUT2D eigenvalue weighted by molar-refractivity contribution is 6.15. The van der Waals surface area contributed by atoms with Gasteiger partial charge in [0.1, 0.15) is 18.6 Å². The van der Waals surface area contributed by atoms with Crippen LogP contribution in [0.3, 0.4) is 0 Å². The molecule has 0 fully saturated rings. The number of fused-ring (bicyclic) bond motifs is 1. The monoisotopic (exact) mass is 443 g/mol. The Balaban J connectivity index is 2.06. The molecule has 9 heteroatoms. The number of hydrogen-bond acceptors (Lipinski definition) is 7. The molecular weight excluding hydrogens is 416 g/mol. The SMILES string of the molecule is C=C[C@H]1c2c(OC)cccc2C(OC)=CN1C(=O)[C@@H]1CC(C(=O)OC)(C(=O)OC)C=[N+]1C. The Morgan fingerprint density at radius 1 is 1.12 bits per heavy atom. The van der Waals surface area contributed by atoms with Crippen LogP contribution in [-0.2, 0) is 28.6 Å². The second kappa shape index (κ2) is 8.86. The van der Waals surface area contributed by atoms with Gasteiger partial charge in [0, 0.05) is 11.1 Å². The van der Waals surface area contributed by atoms with E-state index in [-0.39, 0.29) is 12.3 Å². The summed E-state index contributed by atoms with van der Waals surface area (Å²) in [6, 6.07) is 4.13. The number of esters is 2. The average molecular weight is 443 g/mol. The highest BCUT2D eigenvalue weighted by atomic mass is 16.5. The highest BCUT2D eigenvalue weighted by Crippen LogP contribution is 2.42. The van der Waals surface area contributed by atoms with E-state index in [1.807, 2.05) is 12.1 Å². The van der Waals surface area contributed by atoms with Crippen LogP contribution in [0.2, 0.25) is 0 Å². The number of methoxy groups -OCH3 is 4. The molecule has 170 valence electrons. The first-order valence-corrected chi connectivity index (χ1v) is 9.92. The molecule has 2 atom stereocenters. The van der Waals surface area contributed by atoms with Gasteiger partial charge in [0.15, 0.2) is 6.21 Å². The van der Waals surface area contributed by atoms with Crippen LogP contribution in [0.25, 0.3) is 5.76 Å². The van der Waals surface area contributed by atoms with E-state index in [4.69, 9.17) is 18.9 Å². The fourth-order valence-electron chi connectivity index (χ4n) is 4.34. The van der Waals surface area contributed by atoms with Gasteiger partial charge in [-0.1, -0.05) is 18.2 Å². The number of carbonyl (C=O) groups excluding carboxylic acids is 3. The van der Waals surface area contributed by atoms with E-state index in [9.17, 15) is 14.4 Å². The molecule has 2 aliphatic rings. The van der Waals surface area contributed by atoms with Crippen molar-refractivity contribution in [3.63, 3.8) is 0 Å². The number of carbonyl (C=O) groups is 3. The Hall–Kier alpha value is -3.62. The van der Waals surface area contributed by atoms with Crippen molar-refractivity contribution in [2.75, 3.05) is 35.5 Å². The first-order valence-electron chi connectivity index (χ1n) is 9.92. The fourth-order valence-corrected chi connectivity index (χ4v) is 4.34. The molecule has 2 aliphatic heterocycles. The third-order valence-electron chi connectivity index (χ3n) is 5.92. The molecule has 0 saturated heterocycles. The third kappa shape index (κ3) is 3.43. The lowest BCUT2D eigenvalue weighted by atomic mass is 9.84. The van der Waals surface area contributed by atoms with E-state index in [1.54, 1.807) is 32.5 Å². The smallest absolute Gasteiger partial charge is 0.333 e. The van der Waals surface area contributed by atoms with Gasteiger partial charge in [0.05, 0.1) is 47.1 Å².